The number of aromatic amines is 1. The van der Waals surface area contributed by atoms with Crippen LogP contribution in [0.4, 0.5) is 4.39 Å². The highest BCUT2D eigenvalue weighted by atomic mass is 32.2. The fourth-order valence-corrected chi connectivity index (χ4v) is 4.48. The van der Waals surface area contributed by atoms with E-state index in [1.807, 2.05) is 24.5 Å². The molecule has 2 aromatic heterocycles. The van der Waals surface area contributed by atoms with Gasteiger partial charge in [-0.05, 0) is 45.0 Å². The first-order chi connectivity index (χ1) is 15.9. The second-order valence-corrected chi connectivity index (χ2v) is 8.80. The zero-order chi connectivity index (χ0) is 23.5. The zero-order valence-electron chi connectivity index (χ0n) is 18.4. The van der Waals surface area contributed by atoms with Gasteiger partial charge in [0.2, 0.25) is 0 Å². The number of amides is 1. The van der Waals surface area contributed by atoms with Crippen LogP contribution >= 0.6 is 11.8 Å². The molecule has 8 nitrogen and oxygen atoms in total. The Balaban J connectivity index is 1.54. The van der Waals surface area contributed by atoms with E-state index >= 15 is 0 Å². The van der Waals surface area contributed by atoms with Crippen LogP contribution in [0.15, 0.2) is 58.5 Å². The Morgan fingerprint density at radius 2 is 1.88 bits per heavy atom. The summed E-state index contributed by atoms with van der Waals surface area (Å²) < 4.78 is 15.8. The van der Waals surface area contributed by atoms with Crippen molar-refractivity contribution in [2.45, 2.75) is 43.8 Å². The highest BCUT2D eigenvalue weighted by Gasteiger charge is 2.23. The fourth-order valence-electron chi connectivity index (χ4n) is 3.50. The molecular formula is C23H23FN6O2S. The number of nitrogens with zero attached hydrogens (tertiary/aromatic N) is 4. The lowest BCUT2D eigenvalue weighted by Gasteiger charge is -2.16. The number of nitrogens with one attached hydrogen (secondary N) is 2. The second-order valence-electron chi connectivity index (χ2n) is 7.49. The maximum absolute atomic E-state index is 13.9. The average Bonchev–Trinajstić information content (AvgIpc) is 3.21. The molecule has 0 unspecified atom stereocenters. The van der Waals surface area contributed by atoms with E-state index in [0.29, 0.717) is 34.3 Å². The lowest BCUT2D eigenvalue weighted by atomic mass is 10.2. The number of hydrogen-bond donors (Lipinski definition) is 2. The Morgan fingerprint density at radius 1 is 1.15 bits per heavy atom. The normalized spacial score (nSPS) is 13.1. The number of H-pyrrole nitrogens is 1. The van der Waals surface area contributed by atoms with Crippen molar-refractivity contribution in [1.82, 2.24) is 30.0 Å². The molecular weight excluding hydrogens is 443 g/mol. The smallest absolute Gasteiger partial charge is 0.258 e. The largest absolute Gasteiger partial charge is 0.342 e. The van der Waals surface area contributed by atoms with Gasteiger partial charge in [-0.25, -0.2) is 9.37 Å². The van der Waals surface area contributed by atoms with Gasteiger partial charge < -0.3 is 14.9 Å². The van der Waals surface area contributed by atoms with E-state index in [-0.39, 0.29) is 16.4 Å². The van der Waals surface area contributed by atoms with E-state index < -0.39 is 17.8 Å². The van der Waals surface area contributed by atoms with Crippen LogP contribution < -0.4 is 10.9 Å². The van der Waals surface area contributed by atoms with Gasteiger partial charge in [0.15, 0.2) is 11.0 Å². The van der Waals surface area contributed by atoms with Crippen molar-refractivity contribution in [1.29, 1.82) is 0 Å². The molecule has 33 heavy (non-hydrogen) atoms. The fraction of sp³-hybridized carbons (Fsp3) is 0.261. The van der Waals surface area contributed by atoms with Gasteiger partial charge in [-0.15, -0.1) is 10.2 Å². The molecule has 1 amide bonds. The van der Waals surface area contributed by atoms with Gasteiger partial charge >= 0.3 is 0 Å². The Kier molecular flexibility index (Phi) is 6.55. The number of para-hydroxylation sites is 1. The molecule has 2 atom stereocenters. The third kappa shape index (κ3) is 4.65. The molecule has 0 fully saturated rings. The number of hydrogen-bond acceptors (Lipinski definition) is 6. The van der Waals surface area contributed by atoms with Crippen LogP contribution in [0, 0.1) is 5.82 Å². The topological polar surface area (TPSA) is 106 Å². The van der Waals surface area contributed by atoms with Crippen molar-refractivity contribution in [2.75, 3.05) is 0 Å². The van der Waals surface area contributed by atoms with Crippen LogP contribution in [-0.4, -0.2) is 30.6 Å². The molecule has 0 saturated carbocycles. The van der Waals surface area contributed by atoms with Crippen molar-refractivity contribution in [3.05, 3.63) is 81.9 Å². The number of rotatable bonds is 7. The number of fused-ring (bicyclic) bond motifs is 1. The number of carbonyl (C=O) groups excluding carboxylic acids is 1. The summed E-state index contributed by atoms with van der Waals surface area (Å²) in [7, 11) is 0. The summed E-state index contributed by atoms with van der Waals surface area (Å²) in [6.45, 7) is 6.22. The third-order valence-corrected chi connectivity index (χ3v) is 6.30. The molecule has 0 bridgehead atoms. The highest BCUT2D eigenvalue weighted by molar-refractivity contribution is 7.99. The third-order valence-electron chi connectivity index (χ3n) is 5.21. The summed E-state index contributed by atoms with van der Waals surface area (Å²) in [5.41, 5.74) is 0.414. The lowest BCUT2D eigenvalue weighted by Crippen LogP contribution is -2.29. The Bertz CT molecular complexity index is 1370. The lowest BCUT2D eigenvalue weighted by molar-refractivity contribution is 0.0933. The predicted octanol–water partition coefficient (Wildman–Crippen LogP) is 4.02. The molecule has 170 valence electrons. The van der Waals surface area contributed by atoms with Crippen LogP contribution in [-0.2, 0) is 6.54 Å². The minimum atomic E-state index is -0.582. The monoisotopic (exact) mass is 466 g/mol. The van der Waals surface area contributed by atoms with Gasteiger partial charge in [0.05, 0.1) is 27.8 Å². The molecule has 2 heterocycles. The molecule has 0 aliphatic carbocycles. The van der Waals surface area contributed by atoms with E-state index in [1.165, 1.54) is 30.0 Å². The van der Waals surface area contributed by atoms with Crippen molar-refractivity contribution < 1.29 is 9.18 Å². The van der Waals surface area contributed by atoms with Crippen LogP contribution in [0.5, 0.6) is 0 Å². The first kappa shape index (κ1) is 22.7. The summed E-state index contributed by atoms with van der Waals surface area (Å²) in [4.78, 5) is 32.3. The molecule has 4 aromatic rings. The second kappa shape index (κ2) is 9.53. The highest BCUT2D eigenvalue weighted by Crippen LogP contribution is 2.33. The molecule has 0 aliphatic rings. The van der Waals surface area contributed by atoms with E-state index in [9.17, 15) is 14.0 Å². The summed E-state index contributed by atoms with van der Waals surface area (Å²) in [6.07, 6.45) is 0. The van der Waals surface area contributed by atoms with Crippen molar-refractivity contribution >= 4 is 28.6 Å². The van der Waals surface area contributed by atoms with Crippen molar-refractivity contribution in [3.63, 3.8) is 0 Å². The van der Waals surface area contributed by atoms with Gasteiger partial charge in [-0.2, -0.15) is 0 Å². The van der Waals surface area contributed by atoms with Crippen molar-refractivity contribution in [2.24, 2.45) is 0 Å². The van der Waals surface area contributed by atoms with Gasteiger partial charge in [-0.3, -0.25) is 9.59 Å². The number of benzene rings is 2. The maximum Gasteiger partial charge on any atom is 0.258 e. The first-order valence-corrected chi connectivity index (χ1v) is 11.4. The molecule has 10 heteroatoms. The van der Waals surface area contributed by atoms with Gasteiger partial charge in [0.25, 0.3) is 11.5 Å². The van der Waals surface area contributed by atoms with E-state index in [1.54, 1.807) is 31.2 Å². The predicted molar refractivity (Wildman–Crippen MR) is 125 cm³/mol. The quantitative estimate of drug-likeness (QED) is 0.399. The van der Waals surface area contributed by atoms with E-state index in [0.717, 1.165) is 0 Å². The van der Waals surface area contributed by atoms with Crippen LogP contribution in [0.25, 0.3) is 10.9 Å². The SMILES string of the molecule is CCn1c(S[C@@H](C)c2nc3ccccc3c(=O)[nH]2)nnc1[C@H](C)NC(=O)c1ccccc1F. The van der Waals surface area contributed by atoms with Crippen LogP contribution in [0.1, 0.15) is 54.1 Å². The molecule has 0 saturated heterocycles. The molecule has 2 aromatic carbocycles. The summed E-state index contributed by atoms with van der Waals surface area (Å²) >= 11 is 1.41. The Morgan fingerprint density at radius 3 is 2.64 bits per heavy atom. The Labute approximate surface area is 193 Å². The Hall–Kier alpha value is -3.53. The average molecular weight is 467 g/mol. The van der Waals surface area contributed by atoms with Gasteiger partial charge in [0, 0.05) is 6.54 Å². The molecule has 0 aliphatic heterocycles. The van der Waals surface area contributed by atoms with Gasteiger partial charge in [0.1, 0.15) is 11.6 Å². The number of halogens is 1. The van der Waals surface area contributed by atoms with Gasteiger partial charge in [-0.1, -0.05) is 36.0 Å². The van der Waals surface area contributed by atoms with E-state index in [4.69, 9.17) is 0 Å². The number of thioether (sulfide) groups is 1. The summed E-state index contributed by atoms with van der Waals surface area (Å²) in [5, 5.41) is 12.3. The van der Waals surface area contributed by atoms with Crippen LogP contribution in [0.3, 0.4) is 0 Å². The first-order valence-electron chi connectivity index (χ1n) is 10.5. The molecule has 0 spiro atoms. The molecule has 0 radical (unpaired) electrons. The summed E-state index contributed by atoms with van der Waals surface area (Å²) in [6, 6.07) is 12.5. The van der Waals surface area contributed by atoms with Crippen molar-refractivity contribution in [3.8, 4) is 0 Å². The molecule has 2 N–H and O–H groups in total. The number of carbonyl (C=O) groups is 1. The van der Waals surface area contributed by atoms with Crippen LogP contribution in [0.2, 0.25) is 0 Å². The minimum Gasteiger partial charge on any atom is -0.342 e. The number of aromatic nitrogens is 5. The summed E-state index contributed by atoms with van der Waals surface area (Å²) in [5.74, 6) is -0.0125. The van der Waals surface area contributed by atoms with E-state index in [2.05, 4.69) is 25.5 Å². The minimum absolute atomic E-state index is 0.0264. The zero-order valence-corrected chi connectivity index (χ0v) is 19.2. The molecule has 4 rings (SSSR count). The standard InChI is InChI=1S/C23H23FN6O2S/c1-4-30-20(13(2)25-21(31)15-9-5-7-11-17(15)24)28-29-23(30)33-14(3)19-26-18-12-8-6-10-16(18)22(32)27-19/h5-14H,4H2,1-3H3,(H,25,31)(H,26,27,32)/t13-,14-/m0/s1. The maximum atomic E-state index is 13.9.